The van der Waals surface area contributed by atoms with E-state index in [-0.39, 0.29) is 5.41 Å². The second-order valence-corrected chi connectivity index (χ2v) is 17.9. The highest BCUT2D eigenvalue weighted by atomic mass is 32.1. The zero-order valence-electron chi connectivity index (χ0n) is 33.8. The Labute approximate surface area is 338 Å². The van der Waals surface area contributed by atoms with Gasteiger partial charge in [0.1, 0.15) is 11.5 Å². The molecule has 286 valence electrons. The Kier molecular flexibility index (Phi) is 12.6. The van der Waals surface area contributed by atoms with Crippen LogP contribution in [0.2, 0.25) is 0 Å². The van der Waals surface area contributed by atoms with Crippen LogP contribution >= 0.6 is 22.7 Å². The molecule has 0 fully saturated rings. The minimum Gasteiger partial charge on any atom is -0.494 e. The van der Waals surface area contributed by atoms with E-state index in [0.717, 1.165) is 63.2 Å². The summed E-state index contributed by atoms with van der Waals surface area (Å²) in [5.74, 6) is 3.31. The van der Waals surface area contributed by atoms with Gasteiger partial charge in [-0.25, -0.2) is 0 Å². The molecule has 1 aliphatic carbocycles. The minimum absolute atomic E-state index is 0.00979. The van der Waals surface area contributed by atoms with Gasteiger partial charge in [-0.3, -0.25) is 0 Å². The van der Waals surface area contributed by atoms with Gasteiger partial charge in [0.25, 0.3) is 0 Å². The van der Waals surface area contributed by atoms with Crippen LogP contribution in [0.5, 0.6) is 11.5 Å². The van der Waals surface area contributed by atoms with Crippen LogP contribution in [0.1, 0.15) is 104 Å². The summed E-state index contributed by atoms with van der Waals surface area (Å²) in [5, 5.41) is 0. The fourth-order valence-corrected chi connectivity index (χ4v) is 10.2. The Morgan fingerprint density at radius 2 is 0.836 bits per heavy atom. The molecule has 4 aromatic carbocycles. The zero-order valence-corrected chi connectivity index (χ0v) is 35.4. The van der Waals surface area contributed by atoms with Crippen molar-refractivity contribution in [2.45, 2.75) is 98.3 Å². The van der Waals surface area contributed by atoms with Crippen LogP contribution in [-0.2, 0) is 5.41 Å². The van der Waals surface area contributed by atoms with Crippen LogP contribution in [0, 0.1) is 11.8 Å². The molecule has 2 atom stereocenters. The van der Waals surface area contributed by atoms with Crippen molar-refractivity contribution in [2.75, 3.05) is 13.2 Å². The first kappa shape index (κ1) is 39.1. The normalized spacial score (nSPS) is 14.0. The molecule has 2 aromatic heterocycles. The summed E-state index contributed by atoms with van der Waals surface area (Å²) in [4.78, 5) is 5.23. The average Bonchev–Trinajstić information content (AvgIpc) is 3.97. The van der Waals surface area contributed by atoms with E-state index in [0.29, 0.717) is 11.8 Å². The molecule has 4 heteroatoms. The molecule has 0 N–H and O–H groups in total. The van der Waals surface area contributed by atoms with Crippen LogP contribution in [0.4, 0.5) is 0 Å². The number of fused-ring (bicyclic) bond motifs is 3. The van der Waals surface area contributed by atoms with Gasteiger partial charge >= 0.3 is 0 Å². The molecule has 0 saturated carbocycles. The molecular formula is C51H58O2S2. The molecule has 0 aliphatic heterocycles. The van der Waals surface area contributed by atoms with Crippen LogP contribution in [0.15, 0.2) is 109 Å². The Morgan fingerprint density at radius 3 is 1.20 bits per heavy atom. The summed E-state index contributed by atoms with van der Waals surface area (Å²) in [6, 6.07) is 41.1. The van der Waals surface area contributed by atoms with E-state index >= 15 is 0 Å². The maximum Gasteiger partial charge on any atom is 0.119 e. The van der Waals surface area contributed by atoms with E-state index in [1.807, 2.05) is 22.7 Å². The van der Waals surface area contributed by atoms with E-state index < -0.39 is 0 Å². The first-order chi connectivity index (χ1) is 26.8. The van der Waals surface area contributed by atoms with Crippen LogP contribution in [0.25, 0.3) is 52.9 Å². The zero-order chi connectivity index (χ0) is 38.4. The molecule has 1 unspecified atom stereocenters. The monoisotopic (exact) mass is 766 g/mol. The first-order valence-corrected chi connectivity index (χ1v) is 22.4. The third kappa shape index (κ3) is 8.52. The molecule has 2 heterocycles. The minimum atomic E-state index is 0.00979. The van der Waals surface area contributed by atoms with Crippen molar-refractivity contribution in [3.8, 4) is 64.4 Å². The van der Waals surface area contributed by atoms with Gasteiger partial charge in [-0.15, -0.1) is 22.7 Å². The summed E-state index contributed by atoms with van der Waals surface area (Å²) in [6.45, 7) is 15.3. The highest BCUT2D eigenvalue weighted by molar-refractivity contribution is 7.19. The van der Waals surface area contributed by atoms with Crippen molar-refractivity contribution in [3.63, 3.8) is 0 Å². The Bertz CT molecular complexity index is 2000. The standard InChI is InChI=1S/C51H58O2S2/c1-7-29-51(30-8-2)45-33-39(49-25-23-47(54-49)37-11-17-41(18-12-37)52-31-27-35(5)9-3)15-21-43(45)44-22-16-40(34-46(44)51)50-26-24-48(55-50)38-13-19-42(20-14-38)53-32-28-36(6)10-4/h11-26,33-36H,7-10,27-32H2,1-6H3/t35-,36?/m0/s1. The van der Waals surface area contributed by atoms with Crippen molar-refractivity contribution in [1.29, 1.82) is 0 Å². The SMILES string of the molecule is CCCC1(CCC)c2cc(-c3ccc(-c4ccc(OCCC(C)CC)cc4)s3)ccc2-c2ccc(-c3ccc(-c4ccc(OCC[C@@H](C)CC)cc4)s3)cc21. The number of ether oxygens (including phenoxy) is 2. The molecule has 0 radical (unpaired) electrons. The van der Waals surface area contributed by atoms with E-state index in [9.17, 15) is 0 Å². The van der Waals surface area contributed by atoms with Gasteiger partial charge < -0.3 is 9.47 Å². The third-order valence-corrected chi connectivity index (χ3v) is 14.3. The van der Waals surface area contributed by atoms with E-state index in [4.69, 9.17) is 9.47 Å². The smallest absolute Gasteiger partial charge is 0.119 e. The van der Waals surface area contributed by atoms with Gasteiger partial charge in [0, 0.05) is 24.9 Å². The molecule has 2 nitrogen and oxygen atoms in total. The van der Waals surface area contributed by atoms with Gasteiger partial charge in [-0.05, 0) is 167 Å². The molecule has 0 bridgehead atoms. The van der Waals surface area contributed by atoms with E-state index in [1.54, 1.807) is 0 Å². The predicted octanol–water partition coefficient (Wildman–Crippen LogP) is 16.0. The van der Waals surface area contributed by atoms with E-state index in [1.165, 1.54) is 76.9 Å². The van der Waals surface area contributed by atoms with Crippen molar-refractivity contribution in [3.05, 3.63) is 120 Å². The number of hydrogen-bond donors (Lipinski definition) is 0. The average molecular weight is 767 g/mol. The molecule has 55 heavy (non-hydrogen) atoms. The van der Waals surface area contributed by atoms with Gasteiger partial charge in [0.15, 0.2) is 0 Å². The van der Waals surface area contributed by atoms with Crippen molar-refractivity contribution in [1.82, 2.24) is 0 Å². The second kappa shape index (κ2) is 17.8. The summed E-state index contributed by atoms with van der Waals surface area (Å²) in [6.07, 6.45) is 9.18. The highest BCUT2D eigenvalue weighted by Crippen LogP contribution is 2.56. The Morgan fingerprint density at radius 1 is 0.473 bits per heavy atom. The second-order valence-electron chi connectivity index (χ2n) is 15.8. The van der Waals surface area contributed by atoms with E-state index in [2.05, 4.69) is 151 Å². The molecule has 0 amide bonds. The molecule has 7 rings (SSSR count). The van der Waals surface area contributed by atoms with Crippen molar-refractivity contribution >= 4 is 22.7 Å². The van der Waals surface area contributed by atoms with Gasteiger partial charge in [0.2, 0.25) is 0 Å². The maximum absolute atomic E-state index is 6.05. The highest BCUT2D eigenvalue weighted by Gasteiger charge is 2.42. The summed E-state index contributed by atoms with van der Waals surface area (Å²) >= 11 is 3.77. The fourth-order valence-electron chi connectivity index (χ4n) is 8.21. The lowest BCUT2D eigenvalue weighted by molar-refractivity contribution is 0.281. The summed E-state index contributed by atoms with van der Waals surface area (Å²) in [7, 11) is 0. The first-order valence-electron chi connectivity index (χ1n) is 20.8. The van der Waals surface area contributed by atoms with Gasteiger partial charge in [-0.2, -0.15) is 0 Å². The quantitative estimate of drug-likeness (QED) is 0.0867. The number of thiophene rings is 2. The molecule has 1 aliphatic rings. The predicted molar refractivity (Wildman–Crippen MR) is 239 cm³/mol. The van der Waals surface area contributed by atoms with Gasteiger partial charge in [-0.1, -0.05) is 91.5 Å². The maximum atomic E-state index is 6.05. The number of benzene rings is 4. The van der Waals surface area contributed by atoms with Crippen LogP contribution < -0.4 is 9.47 Å². The Hall–Kier alpha value is -4.12. The molecular weight excluding hydrogens is 709 g/mol. The number of hydrogen-bond acceptors (Lipinski definition) is 4. The summed E-state index contributed by atoms with van der Waals surface area (Å²) < 4.78 is 12.1. The Balaban J connectivity index is 1.12. The molecule has 6 aromatic rings. The third-order valence-electron chi connectivity index (χ3n) is 11.9. The van der Waals surface area contributed by atoms with Crippen molar-refractivity contribution in [2.24, 2.45) is 11.8 Å². The fraction of sp³-hybridized carbons (Fsp3) is 0.373. The lowest BCUT2D eigenvalue weighted by atomic mass is 9.71. The molecule has 0 saturated heterocycles. The summed E-state index contributed by atoms with van der Waals surface area (Å²) in [5.41, 5.74) is 11.0. The van der Waals surface area contributed by atoms with Crippen LogP contribution in [0.3, 0.4) is 0 Å². The topological polar surface area (TPSA) is 18.5 Å². The van der Waals surface area contributed by atoms with Crippen molar-refractivity contribution < 1.29 is 9.47 Å². The molecule has 0 spiro atoms. The lowest BCUT2D eigenvalue weighted by Crippen LogP contribution is -2.25. The van der Waals surface area contributed by atoms with Crippen LogP contribution in [-0.4, -0.2) is 13.2 Å². The number of rotatable bonds is 18. The lowest BCUT2D eigenvalue weighted by Gasteiger charge is -2.32. The largest absolute Gasteiger partial charge is 0.494 e. The van der Waals surface area contributed by atoms with Gasteiger partial charge in [0.05, 0.1) is 13.2 Å².